The van der Waals surface area contributed by atoms with Gasteiger partial charge in [0.2, 0.25) is 0 Å². The second kappa shape index (κ2) is 11.2. The lowest BCUT2D eigenvalue weighted by molar-refractivity contribution is 0.0827. The van der Waals surface area contributed by atoms with Crippen molar-refractivity contribution in [3.8, 4) is 0 Å². The zero-order valence-corrected chi connectivity index (χ0v) is 15.2. The molecule has 0 aliphatic heterocycles. The quantitative estimate of drug-likeness (QED) is 0.852. The number of rotatable bonds is 6. The van der Waals surface area contributed by atoms with Gasteiger partial charge >= 0.3 is 0 Å². The van der Waals surface area contributed by atoms with Crippen LogP contribution in [0.4, 0.5) is 0 Å². The van der Waals surface area contributed by atoms with Crippen LogP contribution in [0.3, 0.4) is 0 Å². The fourth-order valence-corrected chi connectivity index (χ4v) is 2.35. The van der Waals surface area contributed by atoms with E-state index in [-0.39, 0.29) is 5.91 Å². The van der Waals surface area contributed by atoms with Gasteiger partial charge < -0.3 is 10.6 Å². The fourth-order valence-electron chi connectivity index (χ4n) is 2.35. The standard InChI is InChI=1S/C16H26N2O.C3H8/c1-12(2)11-15(9-10-17)13-5-7-14(8-6-13)16(19)18(3)4;1-3-2/h5-8,12,15H,9-11,17H2,1-4H3;3H2,1-2H3. The summed E-state index contributed by atoms with van der Waals surface area (Å²) in [6.45, 7) is 9.41. The zero-order chi connectivity index (χ0) is 17.1. The highest BCUT2D eigenvalue weighted by molar-refractivity contribution is 5.93. The summed E-state index contributed by atoms with van der Waals surface area (Å²) in [6, 6.07) is 7.97. The molecule has 126 valence electrons. The highest BCUT2D eigenvalue weighted by Gasteiger charge is 2.14. The summed E-state index contributed by atoms with van der Waals surface area (Å²) >= 11 is 0. The summed E-state index contributed by atoms with van der Waals surface area (Å²) in [6.07, 6.45) is 3.39. The molecule has 2 N–H and O–H groups in total. The first-order chi connectivity index (χ1) is 10.4. The summed E-state index contributed by atoms with van der Waals surface area (Å²) in [4.78, 5) is 13.4. The van der Waals surface area contributed by atoms with Gasteiger partial charge in [0.15, 0.2) is 0 Å². The number of hydrogen-bond acceptors (Lipinski definition) is 2. The number of carbonyl (C=O) groups excluding carboxylic acids is 1. The third kappa shape index (κ3) is 7.60. The number of carbonyl (C=O) groups is 1. The van der Waals surface area contributed by atoms with E-state index in [9.17, 15) is 4.79 Å². The molecule has 1 atom stereocenters. The lowest BCUT2D eigenvalue weighted by Gasteiger charge is -2.19. The van der Waals surface area contributed by atoms with E-state index in [1.807, 2.05) is 12.1 Å². The molecule has 1 aromatic rings. The van der Waals surface area contributed by atoms with E-state index >= 15 is 0 Å². The summed E-state index contributed by atoms with van der Waals surface area (Å²) in [5, 5.41) is 0. The van der Waals surface area contributed by atoms with E-state index in [0.717, 1.165) is 18.4 Å². The zero-order valence-electron chi connectivity index (χ0n) is 15.2. The first kappa shape index (κ1) is 20.6. The Morgan fingerprint density at radius 2 is 1.64 bits per heavy atom. The predicted molar refractivity (Wildman–Crippen MR) is 96.3 cm³/mol. The molecule has 0 aromatic heterocycles. The van der Waals surface area contributed by atoms with Crippen molar-refractivity contribution >= 4 is 5.91 Å². The van der Waals surface area contributed by atoms with Gasteiger partial charge in [-0.2, -0.15) is 0 Å². The number of nitrogens with zero attached hydrogens (tertiary/aromatic N) is 1. The maximum Gasteiger partial charge on any atom is 0.253 e. The smallest absolute Gasteiger partial charge is 0.253 e. The van der Waals surface area contributed by atoms with Crippen LogP contribution in [0, 0.1) is 5.92 Å². The van der Waals surface area contributed by atoms with Crippen molar-refractivity contribution in [2.75, 3.05) is 20.6 Å². The molecule has 0 aliphatic rings. The monoisotopic (exact) mass is 306 g/mol. The average Bonchev–Trinajstić information content (AvgIpc) is 2.46. The fraction of sp³-hybridized carbons (Fsp3) is 0.632. The molecular formula is C19H34N2O. The van der Waals surface area contributed by atoms with Gasteiger partial charge in [0.1, 0.15) is 0 Å². The van der Waals surface area contributed by atoms with Crippen LogP contribution < -0.4 is 5.73 Å². The molecule has 0 heterocycles. The highest BCUT2D eigenvalue weighted by Crippen LogP contribution is 2.27. The molecule has 0 saturated carbocycles. The molecule has 0 fully saturated rings. The van der Waals surface area contributed by atoms with Crippen molar-refractivity contribution in [1.29, 1.82) is 0 Å². The van der Waals surface area contributed by atoms with Crippen LogP contribution in [0.1, 0.15) is 68.8 Å². The van der Waals surface area contributed by atoms with Crippen molar-refractivity contribution in [3.63, 3.8) is 0 Å². The maximum absolute atomic E-state index is 11.8. The Labute approximate surface area is 136 Å². The van der Waals surface area contributed by atoms with E-state index < -0.39 is 0 Å². The van der Waals surface area contributed by atoms with Gasteiger partial charge in [-0.3, -0.25) is 4.79 Å². The lowest BCUT2D eigenvalue weighted by Crippen LogP contribution is -2.21. The molecule has 3 nitrogen and oxygen atoms in total. The minimum Gasteiger partial charge on any atom is -0.345 e. The molecule has 3 heteroatoms. The van der Waals surface area contributed by atoms with Crippen LogP contribution in [0.2, 0.25) is 0 Å². The molecule has 0 saturated heterocycles. The van der Waals surface area contributed by atoms with E-state index in [4.69, 9.17) is 5.73 Å². The first-order valence-corrected chi connectivity index (χ1v) is 8.38. The maximum atomic E-state index is 11.8. The van der Waals surface area contributed by atoms with Gasteiger partial charge in [-0.15, -0.1) is 0 Å². The predicted octanol–water partition coefficient (Wildman–Crippen LogP) is 4.28. The minimum atomic E-state index is 0.0470. The van der Waals surface area contributed by atoms with Crippen LogP contribution in [0.5, 0.6) is 0 Å². The average molecular weight is 306 g/mol. The molecule has 1 unspecified atom stereocenters. The molecule has 1 aromatic carbocycles. The van der Waals surface area contributed by atoms with Crippen molar-refractivity contribution < 1.29 is 4.79 Å². The molecule has 0 radical (unpaired) electrons. The van der Waals surface area contributed by atoms with Gasteiger partial charge in [0.25, 0.3) is 5.91 Å². The second-order valence-electron chi connectivity index (χ2n) is 6.43. The van der Waals surface area contributed by atoms with Crippen LogP contribution in [-0.2, 0) is 0 Å². The van der Waals surface area contributed by atoms with Crippen LogP contribution in [-0.4, -0.2) is 31.4 Å². The van der Waals surface area contributed by atoms with E-state index in [2.05, 4.69) is 39.8 Å². The van der Waals surface area contributed by atoms with E-state index in [0.29, 0.717) is 18.4 Å². The van der Waals surface area contributed by atoms with Crippen LogP contribution >= 0.6 is 0 Å². The van der Waals surface area contributed by atoms with Gasteiger partial charge in [0.05, 0.1) is 0 Å². The van der Waals surface area contributed by atoms with Crippen molar-refractivity contribution in [1.82, 2.24) is 4.90 Å². The summed E-state index contributed by atoms with van der Waals surface area (Å²) in [5.41, 5.74) is 7.73. The Morgan fingerprint density at radius 1 is 1.14 bits per heavy atom. The number of benzene rings is 1. The largest absolute Gasteiger partial charge is 0.345 e. The van der Waals surface area contributed by atoms with Crippen molar-refractivity contribution in [2.24, 2.45) is 11.7 Å². The van der Waals surface area contributed by atoms with Crippen LogP contribution in [0.15, 0.2) is 24.3 Å². The molecule has 0 spiro atoms. The SMILES string of the molecule is CC(C)CC(CCN)c1ccc(C(=O)N(C)C)cc1.CCC. The first-order valence-electron chi connectivity index (χ1n) is 8.38. The summed E-state index contributed by atoms with van der Waals surface area (Å²) in [5.74, 6) is 1.19. The minimum absolute atomic E-state index is 0.0470. The Kier molecular flexibility index (Phi) is 10.6. The topological polar surface area (TPSA) is 46.3 Å². The normalized spacial score (nSPS) is 11.6. The molecule has 1 amide bonds. The highest BCUT2D eigenvalue weighted by atomic mass is 16.2. The van der Waals surface area contributed by atoms with E-state index in [1.54, 1.807) is 19.0 Å². The number of hydrogen-bond donors (Lipinski definition) is 1. The summed E-state index contributed by atoms with van der Waals surface area (Å²) in [7, 11) is 3.54. The lowest BCUT2D eigenvalue weighted by atomic mass is 9.87. The third-order valence-corrected chi connectivity index (χ3v) is 3.31. The third-order valence-electron chi connectivity index (χ3n) is 3.31. The number of amides is 1. The van der Waals surface area contributed by atoms with Crippen molar-refractivity contribution in [3.05, 3.63) is 35.4 Å². The van der Waals surface area contributed by atoms with Crippen molar-refractivity contribution in [2.45, 2.75) is 52.9 Å². The Balaban J connectivity index is 0.00000135. The van der Waals surface area contributed by atoms with Gasteiger partial charge in [0, 0.05) is 19.7 Å². The Morgan fingerprint density at radius 3 is 2.00 bits per heavy atom. The Bertz CT molecular complexity index is 410. The second-order valence-corrected chi connectivity index (χ2v) is 6.43. The number of nitrogens with two attached hydrogens (primary N) is 1. The Hall–Kier alpha value is -1.35. The molecular weight excluding hydrogens is 272 g/mol. The van der Waals surface area contributed by atoms with E-state index in [1.165, 1.54) is 12.0 Å². The molecule has 1 rings (SSSR count). The van der Waals surface area contributed by atoms with Gasteiger partial charge in [-0.1, -0.05) is 46.2 Å². The van der Waals surface area contributed by atoms with Crippen LogP contribution in [0.25, 0.3) is 0 Å². The molecule has 0 aliphatic carbocycles. The van der Waals surface area contributed by atoms with Gasteiger partial charge in [-0.25, -0.2) is 0 Å². The molecule has 22 heavy (non-hydrogen) atoms. The van der Waals surface area contributed by atoms with Gasteiger partial charge in [-0.05, 0) is 48.9 Å². The summed E-state index contributed by atoms with van der Waals surface area (Å²) < 4.78 is 0. The molecule has 0 bridgehead atoms.